The summed E-state index contributed by atoms with van der Waals surface area (Å²) in [5, 5.41) is 26.4. The van der Waals surface area contributed by atoms with Gasteiger partial charge < -0.3 is 15.7 Å². The molecule has 2 atom stereocenters. The molecule has 3 fully saturated rings. The van der Waals surface area contributed by atoms with Gasteiger partial charge in [0.2, 0.25) is 0 Å². The number of hydrogen-bond acceptors (Lipinski definition) is 7. The zero-order valence-corrected chi connectivity index (χ0v) is 15.3. The highest BCUT2D eigenvalue weighted by atomic mass is 32.1. The minimum atomic E-state index is -0.386. The van der Waals surface area contributed by atoms with Gasteiger partial charge in [-0.15, -0.1) is 11.3 Å². The Hall–Kier alpha value is -1.36. The second-order valence-corrected chi connectivity index (χ2v) is 8.80. The fourth-order valence-electron chi connectivity index (χ4n) is 4.51. The topological polar surface area (TPSA) is 84.2 Å². The number of nitrogens with zero attached hydrogens (tertiary/aromatic N) is 3. The second kappa shape index (κ2) is 7.48. The van der Waals surface area contributed by atoms with Crippen LogP contribution < -0.4 is 10.6 Å². The Labute approximate surface area is 153 Å². The lowest BCUT2D eigenvalue weighted by Gasteiger charge is -2.41. The van der Waals surface area contributed by atoms with Crippen LogP contribution in [0.25, 0.3) is 0 Å². The summed E-state index contributed by atoms with van der Waals surface area (Å²) in [7, 11) is 0. The molecule has 0 radical (unpaired) electrons. The van der Waals surface area contributed by atoms with E-state index in [1.807, 2.05) is 6.19 Å². The molecule has 1 saturated heterocycles. The summed E-state index contributed by atoms with van der Waals surface area (Å²) in [4.78, 5) is 8.18. The molecule has 136 valence electrons. The molecule has 4 rings (SSSR count). The number of aliphatic hydroxyl groups excluding tert-OH is 1. The lowest BCUT2D eigenvalue weighted by molar-refractivity contribution is -0.0224. The number of aromatic nitrogens is 1. The van der Waals surface area contributed by atoms with E-state index in [2.05, 4.69) is 26.7 Å². The van der Waals surface area contributed by atoms with Crippen LogP contribution in [0.1, 0.15) is 62.2 Å². The van der Waals surface area contributed by atoms with Gasteiger partial charge in [-0.25, -0.2) is 4.98 Å². The summed E-state index contributed by atoms with van der Waals surface area (Å²) in [6.07, 6.45) is 13.0. The largest absolute Gasteiger partial charge is 0.378 e. The van der Waals surface area contributed by atoms with Crippen LogP contribution in [0.15, 0.2) is 6.20 Å². The number of nitriles is 1. The van der Waals surface area contributed by atoms with Crippen molar-refractivity contribution in [2.45, 2.75) is 81.6 Å². The molecule has 2 aliphatic carbocycles. The summed E-state index contributed by atoms with van der Waals surface area (Å²) in [6, 6.07) is 0.927. The van der Waals surface area contributed by atoms with E-state index in [-0.39, 0.29) is 18.3 Å². The van der Waals surface area contributed by atoms with Crippen LogP contribution in [0.2, 0.25) is 0 Å². The maximum absolute atomic E-state index is 10.4. The van der Waals surface area contributed by atoms with Crippen molar-refractivity contribution < 1.29 is 5.11 Å². The van der Waals surface area contributed by atoms with Crippen LogP contribution in [0.4, 0.5) is 5.13 Å². The van der Waals surface area contributed by atoms with Gasteiger partial charge in [0.15, 0.2) is 11.3 Å². The highest BCUT2D eigenvalue weighted by Crippen LogP contribution is 2.37. The number of anilines is 1. The van der Waals surface area contributed by atoms with Crippen LogP contribution in [0.5, 0.6) is 0 Å². The zero-order valence-electron chi connectivity index (χ0n) is 14.5. The Kier molecular flexibility index (Phi) is 5.11. The molecule has 1 aromatic heterocycles. The molecule has 7 heteroatoms. The van der Waals surface area contributed by atoms with Gasteiger partial charge in [0.05, 0.1) is 0 Å². The molecule has 0 unspecified atom stereocenters. The van der Waals surface area contributed by atoms with Crippen molar-refractivity contribution in [3.63, 3.8) is 0 Å². The van der Waals surface area contributed by atoms with Gasteiger partial charge in [0, 0.05) is 42.2 Å². The maximum Gasteiger partial charge on any atom is 0.183 e. The minimum absolute atomic E-state index is 0.253. The summed E-state index contributed by atoms with van der Waals surface area (Å²) >= 11 is 1.80. The Morgan fingerprint density at radius 2 is 2.00 bits per heavy atom. The van der Waals surface area contributed by atoms with E-state index in [9.17, 15) is 5.11 Å². The summed E-state index contributed by atoms with van der Waals surface area (Å²) < 4.78 is 0. The quantitative estimate of drug-likeness (QED) is 0.552. The van der Waals surface area contributed by atoms with Crippen LogP contribution in [-0.4, -0.2) is 45.9 Å². The van der Waals surface area contributed by atoms with E-state index in [0.717, 1.165) is 30.9 Å². The molecular formula is C18H27N5OS. The SMILES string of the molecule is N#CNC1CC(N2C[C@H](Nc3ncc(C4CCCCC4)s3)C[C@H]2O)C1. The molecule has 3 aliphatic rings. The molecular weight excluding hydrogens is 334 g/mol. The molecule has 6 nitrogen and oxygen atoms in total. The monoisotopic (exact) mass is 361 g/mol. The van der Waals surface area contributed by atoms with E-state index >= 15 is 0 Å². The third-order valence-corrected chi connectivity index (χ3v) is 7.11. The molecule has 1 aliphatic heterocycles. The molecule has 1 aromatic rings. The van der Waals surface area contributed by atoms with E-state index in [1.165, 1.54) is 37.0 Å². The van der Waals surface area contributed by atoms with Crippen molar-refractivity contribution in [2.75, 3.05) is 11.9 Å². The van der Waals surface area contributed by atoms with Gasteiger partial charge in [-0.2, -0.15) is 5.26 Å². The molecule has 2 heterocycles. The fraction of sp³-hybridized carbons (Fsp3) is 0.778. The summed E-state index contributed by atoms with van der Waals surface area (Å²) in [5.41, 5.74) is 0. The van der Waals surface area contributed by atoms with Crippen molar-refractivity contribution in [3.8, 4) is 6.19 Å². The molecule has 0 bridgehead atoms. The predicted octanol–water partition coefficient (Wildman–Crippen LogP) is 2.60. The molecule has 0 spiro atoms. The smallest absolute Gasteiger partial charge is 0.183 e. The number of nitrogens with one attached hydrogen (secondary N) is 2. The van der Waals surface area contributed by atoms with E-state index in [1.54, 1.807) is 11.3 Å². The lowest BCUT2D eigenvalue weighted by atomic mass is 9.85. The summed E-state index contributed by atoms with van der Waals surface area (Å²) in [6.45, 7) is 0.851. The van der Waals surface area contributed by atoms with E-state index < -0.39 is 0 Å². The molecule has 0 aromatic carbocycles. The highest BCUT2D eigenvalue weighted by molar-refractivity contribution is 7.15. The molecule has 3 N–H and O–H groups in total. The first-order valence-electron chi connectivity index (χ1n) is 9.53. The standard InChI is InChI=1S/C18H27N5OS/c19-11-21-13-6-15(7-13)23-10-14(8-17(23)24)22-18-20-9-16(25-18)12-4-2-1-3-5-12/h9,12-15,17,21,24H,1-8,10H2,(H,20,22)/t13?,14-,15?,17-/m1/s1. The Bertz CT molecular complexity index is 617. The van der Waals surface area contributed by atoms with Crippen molar-refractivity contribution >= 4 is 16.5 Å². The summed E-state index contributed by atoms with van der Waals surface area (Å²) in [5.74, 6) is 0.701. The maximum atomic E-state index is 10.4. The number of likely N-dealkylation sites (tertiary alicyclic amines) is 1. The highest BCUT2D eigenvalue weighted by Gasteiger charge is 2.41. The van der Waals surface area contributed by atoms with Gasteiger partial charge in [0.25, 0.3) is 0 Å². The van der Waals surface area contributed by atoms with Gasteiger partial charge in [-0.05, 0) is 31.6 Å². The van der Waals surface area contributed by atoms with Gasteiger partial charge in [0.1, 0.15) is 6.23 Å². The van der Waals surface area contributed by atoms with Crippen LogP contribution in [-0.2, 0) is 0 Å². The van der Waals surface area contributed by atoms with Crippen molar-refractivity contribution in [1.82, 2.24) is 15.2 Å². The zero-order chi connectivity index (χ0) is 17.2. The number of thiazole rings is 1. The van der Waals surface area contributed by atoms with Crippen molar-refractivity contribution in [3.05, 3.63) is 11.1 Å². The Balaban J connectivity index is 1.29. The van der Waals surface area contributed by atoms with Gasteiger partial charge in [-0.3, -0.25) is 4.90 Å². The third-order valence-electron chi connectivity index (χ3n) is 6.02. The number of hydrogen-bond donors (Lipinski definition) is 3. The molecule has 0 amide bonds. The van der Waals surface area contributed by atoms with E-state index in [0.29, 0.717) is 12.0 Å². The van der Waals surface area contributed by atoms with Crippen LogP contribution in [0.3, 0.4) is 0 Å². The first-order valence-corrected chi connectivity index (χ1v) is 10.3. The van der Waals surface area contributed by atoms with E-state index in [4.69, 9.17) is 5.26 Å². The Morgan fingerprint density at radius 3 is 2.76 bits per heavy atom. The number of rotatable bonds is 5. The lowest BCUT2D eigenvalue weighted by Crippen LogP contribution is -2.53. The van der Waals surface area contributed by atoms with Crippen molar-refractivity contribution in [1.29, 1.82) is 5.26 Å². The third kappa shape index (κ3) is 3.76. The average Bonchev–Trinajstić information content (AvgIpc) is 3.19. The van der Waals surface area contributed by atoms with Crippen LogP contribution >= 0.6 is 11.3 Å². The molecule has 25 heavy (non-hydrogen) atoms. The van der Waals surface area contributed by atoms with Gasteiger partial charge in [-0.1, -0.05) is 19.3 Å². The number of aliphatic hydroxyl groups is 1. The fourth-order valence-corrected chi connectivity index (χ4v) is 5.57. The predicted molar refractivity (Wildman–Crippen MR) is 98.2 cm³/mol. The first-order chi connectivity index (χ1) is 12.2. The van der Waals surface area contributed by atoms with Crippen LogP contribution in [0, 0.1) is 11.5 Å². The average molecular weight is 362 g/mol. The normalized spacial score (nSPS) is 33.6. The Morgan fingerprint density at radius 1 is 1.20 bits per heavy atom. The molecule has 2 saturated carbocycles. The minimum Gasteiger partial charge on any atom is -0.378 e. The van der Waals surface area contributed by atoms with Gasteiger partial charge >= 0.3 is 0 Å². The van der Waals surface area contributed by atoms with Crippen molar-refractivity contribution in [2.24, 2.45) is 0 Å². The second-order valence-electron chi connectivity index (χ2n) is 7.74. The first kappa shape index (κ1) is 17.1.